The van der Waals surface area contributed by atoms with Gasteiger partial charge in [0.05, 0.1) is 0 Å². The van der Waals surface area contributed by atoms with Crippen molar-refractivity contribution in [1.29, 1.82) is 0 Å². The number of benzene rings is 1. The zero-order valence-electron chi connectivity index (χ0n) is 11.0. The van der Waals surface area contributed by atoms with Gasteiger partial charge < -0.3 is 0 Å². The topological polar surface area (TPSA) is 0 Å². The van der Waals surface area contributed by atoms with Gasteiger partial charge in [0, 0.05) is 0 Å². The van der Waals surface area contributed by atoms with Crippen molar-refractivity contribution in [3.8, 4) is 0 Å². The van der Waals surface area contributed by atoms with Crippen molar-refractivity contribution in [3.05, 3.63) is 34.4 Å². The van der Waals surface area contributed by atoms with E-state index in [1.165, 1.54) is 38.5 Å². The van der Waals surface area contributed by atoms with Crippen molar-refractivity contribution < 1.29 is 0 Å². The van der Waals surface area contributed by atoms with Crippen LogP contribution in [0, 0.1) is 6.92 Å². The van der Waals surface area contributed by atoms with Crippen LogP contribution in [0.15, 0.2) is 12.1 Å². The van der Waals surface area contributed by atoms with E-state index < -0.39 is 0 Å². The highest BCUT2D eigenvalue weighted by molar-refractivity contribution is 5.42. The molecule has 0 aromatic heterocycles. The van der Waals surface area contributed by atoms with Crippen molar-refractivity contribution in [1.82, 2.24) is 0 Å². The Morgan fingerprint density at radius 3 is 2.31 bits per heavy atom. The molecule has 0 radical (unpaired) electrons. The molecule has 0 aliphatic heterocycles. The normalized spacial score (nSPS) is 16.8. The average Bonchev–Trinajstić information content (AvgIpc) is 2.19. The van der Waals surface area contributed by atoms with Gasteiger partial charge in [0.25, 0.3) is 0 Å². The van der Waals surface area contributed by atoms with Gasteiger partial charge in [-0.25, -0.2) is 0 Å². The van der Waals surface area contributed by atoms with Crippen molar-refractivity contribution >= 4 is 0 Å². The maximum Gasteiger partial charge on any atom is -0.0216 e. The second-order valence-electron chi connectivity index (χ2n) is 5.49. The SMILES string of the molecule is Cc1c(C(C)C)ccc2c1CCCCCC2. The lowest BCUT2D eigenvalue weighted by atomic mass is 9.85. The van der Waals surface area contributed by atoms with Crippen LogP contribution < -0.4 is 0 Å². The van der Waals surface area contributed by atoms with Gasteiger partial charge in [0.2, 0.25) is 0 Å². The first-order valence-electron chi connectivity index (χ1n) is 6.81. The molecule has 0 nitrogen and oxygen atoms in total. The van der Waals surface area contributed by atoms with Crippen LogP contribution in [0.1, 0.15) is 67.7 Å². The number of hydrogen-bond acceptors (Lipinski definition) is 0. The van der Waals surface area contributed by atoms with Crippen LogP contribution in [-0.2, 0) is 12.8 Å². The Morgan fingerprint density at radius 2 is 1.62 bits per heavy atom. The molecule has 1 aromatic carbocycles. The molecule has 1 aliphatic carbocycles. The van der Waals surface area contributed by atoms with Crippen molar-refractivity contribution in [2.45, 2.75) is 65.2 Å². The van der Waals surface area contributed by atoms with Crippen LogP contribution in [0.5, 0.6) is 0 Å². The van der Waals surface area contributed by atoms with Crippen molar-refractivity contribution in [2.75, 3.05) is 0 Å². The average molecular weight is 216 g/mol. The molecule has 16 heavy (non-hydrogen) atoms. The quantitative estimate of drug-likeness (QED) is 0.634. The summed E-state index contributed by atoms with van der Waals surface area (Å²) in [7, 11) is 0. The van der Waals surface area contributed by atoms with E-state index in [1.54, 1.807) is 22.3 Å². The summed E-state index contributed by atoms with van der Waals surface area (Å²) in [5.74, 6) is 0.663. The molecule has 1 aromatic rings. The minimum atomic E-state index is 0.663. The van der Waals surface area contributed by atoms with E-state index >= 15 is 0 Å². The third-order valence-electron chi connectivity index (χ3n) is 3.98. The van der Waals surface area contributed by atoms with E-state index in [9.17, 15) is 0 Å². The molecule has 0 unspecified atom stereocenters. The molecule has 0 N–H and O–H groups in total. The molecular weight excluding hydrogens is 192 g/mol. The van der Waals surface area contributed by atoms with Crippen LogP contribution >= 0.6 is 0 Å². The lowest BCUT2D eigenvalue weighted by Gasteiger charge is -2.20. The van der Waals surface area contributed by atoms with Gasteiger partial charge in [-0.05, 0) is 60.8 Å². The van der Waals surface area contributed by atoms with Crippen LogP contribution in [0.25, 0.3) is 0 Å². The maximum atomic E-state index is 2.39. The van der Waals surface area contributed by atoms with Crippen LogP contribution in [-0.4, -0.2) is 0 Å². The molecule has 0 bridgehead atoms. The summed E-state index contributed by atoms with van der Waals surface area (Å²) in [4.78, 5) is 0. The highest BCUT2D eigenvalue weighted by Crippen LogP contribution is 2.28. The molecule has 0 heterocycles. The minimum Gasteiger partial charge on any atom is -0.0587 e. The Bertz CT molecular complexity index is 361. The molecule has 0 fully saturated rings. The highest BCUT2D eigenvalue weighted by Gasteiger charge is 2.13. The van der Waals surface area contributed by atoms with Gasteiger partial charge in [0.1, 0.15) is 0 Å². The summed E-state index contributed by atoms with van der Waals surface area (Å²) in [6.07, 6.45) is 8.22. The van der Waals surface area contributed by atoms with Crippen LogP contribution in [0.3, 0.4) is 0 Å². The first-order valence-corrected chi connectivity index (χ1v) is 6.81. The second-order valence-corrected chi connectivity index (χ2v) is 5.49. The number of aryl methyl sites for hydroxylation is 1. The van der Waals surface area contributed by atoms with Crippen LogP contribution in [0.4, 0.5) is 0 Å². The van der Waals surface area contributed by atoms with E-state index in [4.69, 9.17) is 0 Å². The van der Waals surface area contributed by atoms with Crippen molar-refractivity contribution in [3.63, 3.8) is 0 Å². The van der Waals surface area contributed by atoms with Gasteiger partial charge in [-0.2, -0.15) is 0 Å². The number of fused-ring (bicyclic) bond motifs is 1. The Balaban J connectivity index is 2.40. The lowest BCUT2D eigenvalue weighted by Crippen LogP contribution is -2.05. The summed E-state index contributed by atoms with van der Waals surface area (Å²) < 4.78 is 0. The lowest BCUT2D eigenvalue weighted by molar-refractivity contribution is 0.614. The molecular formula is C16H24. The first kappa shape index (κ1) is 11.7. The Labute approximate surface area is 100 Å². The first-order chi connectivity index (χ1) is 7.70. The van der Waals surface area contributed by atoms with E-state index in [2.05, 4.69) is 32.9 Å². The standard InChI is InChI=1S/C16H24/c1-12(2)15-11-10-14-8-6-4-5-7-9-16(14)13(15)3/h10-12H,4-9H2,1-3H3. The minimum absolute atomic E-state index is 0.663. The second kappa shape index (κ2) is 5.03. The third kappa shape index (κ3) is 2.31. The highest BCUT2D eigenvalue weighted by atomic mass is 14.2. The monoisotopic (exact) mass is 216 g/mol. The Morgan fingerprint density at radius 1 is 0.938 bits per heavy atom. The molecule has 88 valence electrons. The summed E-state index contributed by atoms with van der Waals surface area (Å²) in [6, 6.07) is 4.75. The molecule has 0 atom stereocenters. The number of rotatable bonds is 1. The molecule has 0 heteroatoms. The van der Waals surface area contributed by atoms with E-state index in [-0.39, 0.29) is 0 Å². The summed E-state index contributed by atoms with van der Waals surface area (Å²) in [5, 5.41) is 0. The molecule has 0 amide bonds. The summed E-state index contributed by atoms with van der Waals surface area (Å²) >= 11 is 0. The summed E-state index contributed by atoms with van der Waals surface area (Å²) in [5.41, 5.74) is 6.43. The number of hydrogen-bond donors (Lipinski definition) is 0. The molecule has 0 saturated carbocycles. The molecule has 2 rings (SSSR count). The third-order valence-corrected chi connectivity index (χ3v) is 3.98. The van der Waals surface area contributed by atoms with Gasteiger partial charge in [-0.3, -0.25) is 0 Å². The van der Waals surface area contributed by atoms with Gasteiger partial charge in [0.15, 0.2) is 0 Å². The summed E-state index contributed by atoms with van der Waals surface area (Å²) in [6.45, 7) is 6.94. The fourth-order valence-corrected chi connectivity index (χ4v) is 3.01. The Hall–Kier alpha value is -0.780. The molecule has 0 spiro atoms. The maximum absolute atomic E-state index is 2.39. The predicted octanol–water partition coefficient (Wildman–Crippen LogP) is 4.78. The van der Waals surface area contributed by atoms with E-state index in [0.717, 1.165) is 0 Å². The zero-order valence-corrected chi connectivity index (χ0v) is 11.0. The fourth-order valence-electron chi connectivity index (χ4n) is 3.01. The smallest absolute Gasteiger partial charge is 0.0216 e. The van der Waals surface area contributed by atoms with Gasteiger partial charge in [-0.15, -0.1) is 0 Å². The van der Waals surface area contributed by atoms with Crippen LogP contribution in [0.2, 0.25) is 0 Å². The zero-order chi connectivity index (χ0) is 11.5. The van der Waals surface area contributed by atoms with Gasteiger partial charge >= 0.3 is 0 Å². The molecule has 0 saturated heterocycles. The predicted molar refractivity (Wildman–Crippen MR) is 71.1 cm³/mol. The molecule has 1 aliphatic rings. The largest absolute Gasteiger partial charge is 0.0587 e. The van der Waals surface area contributed by atoms with Crippen molar-refractivity contribution in [2.24, 2.45) is 0 Å². The van der Waals surface area contributed by atoms with E-state index in [1.807, 2.05) is 0 Å². The Kier molecular flexibility index (Phi) is 3.68. The van der Waals surface area contributed by atoms with Gasteiger partial charge in [-0.1, -0.05) is 38.8 Å². The fraction of sp³-hybridized carbons (Fsp3) is 0.625. The van der Waals surface area contributed by atoms with E-state index in [0.29, 0.717) is 5.92 Å².